The molecule has 0 aromatic carbocycles. The first kappa shape index (κ1) is 24.9. The average Bonchev–Trinajstić information content (AvgIpc) is 2.43. The van der Waals surface area contributed by atoms with Gasteiger partial charge in [-0.1, -0.05) is 80.8 Å². The summed E-state index contributed by atoms with van der Waals surface area (Å²) in [7, 11) is 1.21. The zero-order valence-electron chi connectivity index (χ0n) is 20.9. The maximum absolute atomic E-state index is 5.18. The van der Waals surface area contributed by atoms with Gasteiger partial charge in [0.25, 0.3) is 0 Å². The summed E-state index contributed by atoms with van der Waals surface area (Å²) < 4.78 is 4.41. The van der Waals surface area contributed by atoms with Gasteiger partial charge in [-0.25, -0.2) is 0 Å². The summed E-state index contributed by atoms with van der Waals surface area (Å²) in [4.78, 5) is 0. The van der Waals surface area contributed by atoms with Crippen LogP contribution in [0.25, 0.3) is 0 Å². The van der Waals surface area contributed by atoms with Gasteiger partial charge in [0.15, 0.2) is 16.5 Å². The highest BCUT2D eigenvalue weighted by atomic mass is 28.3. The van der Waals surface area contributed by atoms with Crippen LogP contribution in [0.2, 0.25) is 39.3 Å². The van der Waals surface area contributed by atoms with Gasteiger partial charge in [0.1, 0.15) is 0 Å². The van der Waals surface area contributed by atoms with Crippen molar-refractivity contribution in [3.05, 3.63) is 23.3 Å². The highest BCUT2D eigenvalue weighted by Gasteiger charge is 2.34. The Morgan fingerprint density at radius 2 is 0.964 bits per heavy atom. The van der Waals surface area contributed by atoms with E-state index in [-0.39, 0.29) is 10.8 Å². The lowest BCUT2D eigenvalue weighted by Crippen LogP contribution is -2.42. The van der Waals surface area contributed by atoms with Crippen molar-refractivity contribution in [2.45, 2.75) is 80.8 Å². The van der Waals surface area contributed by atoms with Crippen LogP contribution in [-0.2, 0) is 0 Å². The molecular formula is C22H44N4Si2. The Morgan fingerprint density at radius 3 is 1.25 bits per heavy atom. The Labute approximate surface area is 176 Å². The minimum absolute atomic E-state index is 0.0115. The lowest BCUT2D eigenvalue weighted by atomic mass is 9.72. The monoisotopic (exact) mass is 420 g/mol. The van der Waals surface area contributed by atoms with E-state index < -0.39 is 16.5 Å². The zero-order chi connectivity index (χ0) is 22.3. The Bertz CT molecular complexity index is 667. The normalized spacial score (nSPS) is 16.5. The van der Waals surface area contributed by atoms with Crippen LogP contribution in [0.15, 0.2) is 33.5 Å². The van der Waals surface area contributed by atoms with Gasteiger partial charge in [-0.2, -0.15) is 10.2 Å². The van der Waals surface area contributed by atoms with E-state index in [2.05, 4.69) is 116 Å². The molecule has 0 aromatic heterocycles. The highest BCUT2D eigenvalue weighted by Crippen LogP contribution is 2.38. The fraction of sp³-hybridized carbons (Fsp3) is 0.727. The Balaban J connectivity index is 3.72. The molecule has 0 fully saturated rings. The molecule has 160 valence electrons. The number of nitrogens with zero attached hydrogens (tertiary/aromatic N) is 4. The molecule has 1 aliphatic rings. The van der Waals surface area contributed by atoms with Crippen molar-refractivity contribution >= 4 is 27.9 Å². The van der Waals surface area contributed by atoms with E-state index in [9.17, 15) is 0 Å². The van der Waals surface area contributed by atoms with Crippen molar-refractivity contribution in [3.63, 3.8) is 0 Å². The second-order valence-corrected chi connectivity index (χ2v) is 22.0. The van der Waals surface area contributed by atoms with Crippen molar-refractivity contribution in [2.24, 2.45) is 21.0 Å². The molecule has 0 unspecified atom stereocenters. The third kappa shape index (κ3) is 6.44. The predicted molar refractivity (Wildman–Crippen MR) is 132 cm³/mol. The number of hydrogen-bond acceptors (Lipinski definition) is 4. The molecule has 0 aliphatic heterocycles. The second kappa shape index (κ2) is 7.94. The average molecular weight is 421 g/mol. The molecule has 6 heteroatoms. The van der Waals surface area contributed by atoms with Crippen LogP contribution in [0.1, 0.15) is 41.5 Å². The Hall–Kier alpha value is -1.15. The SMILES string of the molecule is CN(N=C1C=C(C(C)(C)C)C(=NN(C)[Si](C)(C)C)C(C(C)(C)C)=C1)[Si](C)(C)C. The minimum Gasteiger partial charge on any atom is -0.327 e. The first-order valence-corrected chi connectivity index (χ1v) is 17.2. The molecule has 0 amide bonds. The van der Waals surface area contributed by atoms with Gasteiger partial charge in [0.05, 0.1) is 11.4 Å². The van der Waals surface area contributed by atoms with Crippen LogP contribution in [0, 0.1) is 10.8 Å². The van der Waals surface area contributed by atoms with Crippen molar-refractivity contribution in [1.29, 1.82) is 0 Å². The predicted octanol–water partition coefficient (Wildman–Crippen LogP) is 6.19. The molecule has 0 radical (unpaired) electrons. The molecule has 0 saturated carbocycles. The van der Waals surface area contributed by atoms with E-state index in [1.165, 1.54) is 11.1 Å². The molecule has 28 heavy (non-hydrogen) atoms. The summed E-state index contributed by atoms with van der Waals surface area (Å²) in [5.41, 5.74) is 4.68. The van der Waals surface area contributed by atoms with E-state index in [0.29, 0.717) is 0 Å². The van der Waals surface area contributed by atoms with E-state index in [0.717, 1.165) is 11.4 Å². The van der Waals surface area contributed by atoms with Crippen LogP contribution in [0.3, 0.4) is 0 Å². The third-order valence-electron chi connectivity index (χ3n) is 5.17. The van der Waals surface area contributed by atoms with Gasteiger partial charge >= 0.3 is 0 Å². The lowest BCUT2D eigenvalue weighted by Gasteiger charge is -2.37. The van der Waals surface area contributed by atoms with Gasteiger partial charge in [-0.3, -0.25) is 0 Å². The summed E-state index contributed by atoms with van der Waals surface area (Å²) in [6.45, 7) is 27.6. The smallest absolute Gasteiger partial charge is 0.169 e. The van der Waals surface area contributed by atoms with Gasteiger partial charge in [0, 0.05) is 14.1 Å². The maximum Gasteiger partial charge on any atom is 0.169 e. The van der Waals surface area contributed by atoms with Gasteiger partial charge in [-0.15, -0.1) is 0 Å². The molecule has 0 spiro atoms. The summed E-state index contributed by atoms with van der Waals surface area (Å²) in [5.74, 6) is 0. The maximum atomic E-state index is 5.18. The van der Waals surface area contributed by atoms with Gasteiger partial charge < -0.3 is 9.35 Å². The lowest BCUT2D eigenvalue weighted by molar-refractivity contribution is 0.491. The molecule has 0 atom stereocenters. The van der Waals surface area contributed by atoms with Crippen molar-refractivity contribution in [1.82, 2.24) is 9.35 Å². The van der Waals surface area contributed by atoms with E-state index in [4.69, 9.17) is 10.2 Å². The molecule has 1 aliphatic carbocycles. The summed E-state index contributed by atoms with van der Waals surface area (Å²) >= 11 is 0. The molecular weight excluding hydrogens is 376 g/mol. The fourth-order valence-corrected chi connectivity index (χ4v) is 3.37. The molecule has 1 rings (SSSR count). The molecule has 0 saturated heterocycles. The number of allylic oxidation sites excluding steroid dienone is 4. The molecule has 0 bridgehead atoms. The van der Waals surface area contributed by atoms with Crippen LogP contribution < -0.4 is 0 Å². The minimum atomic E-state index is -1.53. The summed E-state index contributed by atoms with van der Waals surface area (Å²) in [6, 6.07) is 0. The first-order valence-electron chi connectivity index (χ1n) is 10.3. The van der Waals surface area contributed by atoms with Crippen LogP contribution in [-0.4, -0.2) is 51.3 Å². The molecule has 0 heterocycles. The van der Waals surface area contributed by atoms with Gasteiger partial charge in [0.2, 0.25) is 0 Å². The van der Waals surface area contributed by atoms with Gasteiger partial charge in [-0.05, 0) is 34.1 Å². The Kier molecular flexibility index (Phi) is 7.06. The van der Waals surface area contributed by atoms with Crippen molar-refractivity contribution in [2.75, 3.05) is 14.1 Å². The number of rotatable bonds is 4. The first-order chi connectivity index (χ1) is 12.2. The third-order valence-corrected chi connectivity index (χ3v) is 9.25. The second-order valence-electron chi connectivity index (χ2n) is 12.0. The molecule has 4 nitrogen and oxygen atoms in total. The van der Waals surface area contributed by atoms with E-state index >= 15 is 0 Å². The number of hydrogen-bond donors (Lipinski definition) is 0. The fourth-order valence-electron chi connectivity index (χ4n) is 2.55. The standard InChI is InChI=1S/C22H44N4Si2/c1-21(2,3)18-15-17(23-25(7)27(9,10)11)16-19(22(4,5)6)20(18)24-26(8)28(12,13)14/h15-16H,1-14H3. The largest absolute Gasteiger partial charge is 0.327 e. The zero-order valence-corrected chi connectivity index (χ0v) is 22.9. The van der Waals surface area contributed by atoms with Crippen molar-refractivity contribution < 1.29 is 0 Å². The summed E-state index contributed by atoms with van der Waals surface area (Å²) in [6.07, 6.45) is 4.51. The van der Waals surface area contributed by atoms with E-state index in [1.807, 2.05) is 0 Å². The van der Waals surface area contributed by atoms with Crippen molar-refractivity contribution in [3.8, 4) is 0 Å². The van der Waals surface area contributed by atoms with E-state index in [1.54, 1.807) is 0 Å². The molecule has 0 N–H and O–H groups in total. The van der Waals surface area contributed by atoms with Crippen LogP contribution in [0.5, 0.6) is 0 Å². The van der Waals surface area contributed by atoms with Crippen LogP contribution in [0.4, 0.5) is 0 Å². The number of hydrazone groups is 2. The topological polar surface area (TPSA) is 31.2 Å². The quantitative estimate of drug-likeness (QED) is 0.308. The highest BCUT2D eigenvalue weighted by molar-refractivity contribution is 6.73. The molecule has 0 aromatic rings. The summed E-state index contributed by atoms with van der Waals surface area (Å²) in [5, 5.41) is 10.2. The Morgan fingerprint density at radius 1 is 0.643 bits per heavy atom. The van der Waals surface area contributed by atoms with Crippen LogP contribution >= 0.6 is 0 Å².